The van der Waals surface area contributed by atoms with Crippen LogP contribution in [0.1, 0.15) is 31.3 Å². The van der Waals surface area contributed by atoms with Gasteiger partial charge in [0.05, 0.1) is 6.10 Å². The number of halogens is 1. The van der Waals surface area contributed by atoms with Gasteiger partial charge in [-0.05, 0) is 39.0 Å². The Labute approximate surface area is 143 Å². The van der Waals surface area contributed by atoms with Crippen molar-refractivity contribution in [3.8, 4) is 11.5 Å². The standard InChI is InChI=1S/C16H17ClN2O5/c1-7(2)24-8-4-5-9-10(6-8)14(17)19-11(12(9)20)13(21)16(3,18)15(22)23/h4-7,20H,18H2,1-3H3,(H,22,23)/t16-/m0/s1. The second-order valence-corrected chi connectivity index (χ2v) is 6.17. The van der Waals surface area contributed by atoms with Crippen LogP contribution in [0.2, 0.25) is 5.15 Å². The van der Waals surface area contributed by atoms with Crippen LogP contribution in [0, 0.1) is 0 Å². The van der Waals surface area contributed by atoms with E-state index in [9.17, 15) is 14.7 Å². The Hall–Kier alpha value is -2.38. The number of aromatic hydroxyl groups is 1. The second kappa shape index (κ2) is 6.26. The molecule has 0 saturated carbocycles. The van der Waals surface area contributed by atoms with Crippen LogP contribution in [0.15, 0.2) is 18.2 Å². The fourth-order valence-corrected chi connectivity index (χ4v) is 2.33. The van der Waals surface area contributed by atoms with E-state index in [2.05, 4.69) is 4.98 Å². The van der Waals surface area contributed by atoms with E-state index in [1.54, 1.807) is 12.1 Å². The number of aliphatic carboxylic acids is 1. The van der Waals surface area contributed by atoms with Gasteiger partial charge in [-0.3, -0.25) is 4.79 Å². The van der Waals surface area contributed by atoms with Crippen molar-refractivity contribution >= 4 is 34.1 Å². The van der Waals surface area contributed by atoms with Crippen LogP contribution in [0.4, 0.5) is 0 Å². The van der Waals surface area contributed by atoms with Crippen LogP contribution < -0.4 is 10.5 Å². The van der Waals surface area contributed by atoms with E-state index in [1.165, 1.54) is 6.07 Å². The van der Waals surface area contributed by atoms with Gasteiger partial charge in [-0.2, -0.15) is 0 Å². The number of nitrogens with two attached hydrogens (primary N) is 1. The maximum atomic E-state index is 12.3. The summed E-state index contributed by atoms with van der Waals surface area (Å²) in [5.41, 5.74) is 2.79. The topological polar surface area (TPSA) is 123 Å². The number of carboxylic acid groups (broad SMARTS) is 1. The minimum atomic E-state index is -2.23. The number of fused-ring (bicyclic) bond motifs is 1. The first-order valence-electron chi connectivity index (χ1n) is 7.11. The van der Waals surface area contributed by atoms with Gasteiger partial charge < -0.3 is 20.7 Å². The average molecular weight is 353 g/mol. The highest BCUT2D eigenvalue weighted by molar-refractivity contribution is 6.35. The maximum absolute atomic E-state index is 12.3. The Morgan fingerprint density at radius 2 is 1.96 bits per heavy atom. The van der Waals surface area contributed by atoms with E-state index < -0.39 is 28.7 Å². The quantitative estimate of drug-likeness (QED) is 0.428. The summed E-state index contributed by atoms with van der Waals surface area (Å²) in [6.45, 7) is 4.74. The van der Waals surface area contributed by atoms with Crippen molar-refractivity contribution in [2.45, 2.75) is 32.4 Å². The molecule has 0 aliphatic carbocycles. The van der Waals surface area contributed by atoms with Crippen molar-refractivity contribution in [1.82, 2.24) is 4.98 Å². The number of carbonyl (C=O) groups is 2. The van der Waals surface area contributed by atoms with Gasteiger partial charge in [0, 0.05) is 10.8 Å². The molecule has 0 spiro atoms. The molecule has 7 nitrogen and oxygen atoms in total. The third kappa shape index (κ3) is 3.13. The lowest BCUT2D eigenvalue weighted by Gasteiger charge is -2.18. The van der Waals surface area contributed by atoms with Crippen LogP contribution in [-0.4, -0.2) is 38.6 Å². The molecule has 1 heterocycles. The number of benzene rings is 1. The highest BCUT2D eigenvalue weighted by Crippen LogP contribution is 2.35. The van der Waals surface area contributed by atoms with Crippen molar-refractivity contribution < 1.29 is 24.5 Å². The number of ketones is 1. The third-order valence-electron chi connectivity index (χ3n) is 3.41. The van der Waals surface area contributed by atoms with Crippen molar-refractivity contribution in [1.29, 1.82) is 0 Å². The normalized spacial score (nSPS) is 13.8. The van der Waals surface area contributed by atoms with Crippen LogP contribution in [0.5, 0.6) is 11.5 Å². The molecule has 8 heteroatoms. The number of rotatable bonds is 5. The Balaban J connectivity index is 2.62. The predicted molar refractivity (Wildman–Crippen MR) is 88.7 cm³/mol. The monoisotopic (exact) mass is 352 g/mol. The van der Waals surface area contributed by atoms with Gasteiger partial charge >= 0.3 is 5.97 Å². The first-order chi connectivity index (χ1) is 11.1. The maximum Gasteiger partial charge on any atom is 0.331 e. The summed E-state index contributed by atoms with van der Waals surface area (Å²) in [5.74, 6) is -2.54. The fourth-order valence-electron chi connectivity index (χ4n) is 2.09. The van der Waals surface area contributed by atoms with Crippen LogP contribution in [0.3, 0.4) is 0 Å². The Bertz CT molecular complexity index is 833. The number of carbonyl (C=O) groups excluding carboxylic acids is 1. The molecule has 0 unspecified atom stereocenters. The number of Topliss-reactive ketones (excluding diaryl/α,β-unsaturated/α-hetero) is 1. The molecule has 0 saturated heterocycles. The summed E-state index contributed by atoms with van der Waals surface area (Å²) in [6.07, 6.45) is -0.0582. The molecule has 2 aromatic rings. The van der Waals surface area contributed by atoms with Gasteiger partial charge in [0.2, 0.25) is 5.78 Å². The zero-order valence-electron chi connectivity index (χ0n) is 13.3. The summed E-state index contributed by atoms with van der Waals surface area (Å²) in [4.78, 5) is 27.3. The molecule has 24 heavy (non-hydrogen) atoms. The molecule has 1 aromatic heterocycles. The minimum absolute atomic E-state index is 0.0582. The van der Waals surface area contributed by atoms with Crippen molar-refractivity contribution in [2.75, 3.05) is 0 Å². The lowest BCUT2D eigenvalue weighted by molar-refractivity contribution is -0.140. The molecule has 0 fully saturated rings. The number of hydrogen-bond donors (Lipinski definition) is 3. The van der Waals surface area contributed by atoms with Crippen LogP contribution >= 0.6 is 11.6 Å². The van der Waals surface area contributed by atoms with Crippen molar-refractivity contribution in [3.63, 3.8) is 0 Å². The van der Waals surface area contributed by atoms with E-state index in [4.69, 9.17) is 27.2 Å². The molecule has 0 aliphatic rings. The van der Waals surface area contributed by atoms with Gasteiger partial charge in [-0.25, -0.2) is 9.78 Å². The van der Waals surface area contributed by atoms with E-state index in [-0.39, 0.29) is 16.6 Å². The van der Waals surface area contributed by atoms with Gasteiger partial charge in [-0.15, -0.1) is 0 Å². The smallest absolute Gasteiger partial charge is 0.331 e. The molecule has 1 aromatic carbocycles. The summed E-state index contributed by atoms with van der Waals surface area (Å²) in [7, 11) is 0. The van der Waals surface area contributed by atoms with Crippen molar-refractivity contribution in [3.05, 3.63) is 29.0 Å². The lowest BCUT2D eigenvalue weighted by Crippen LogP contribution is -2.52. The third-order valence-corrected chi connectivity index (χ3v) is 3.69. The van der Waals surface area contributed by atoms with Gasteiger partial charge in [0.15, 0.2) is 17.0 Å². The Kier molecular flexibility index (Phi) is 4.68. The number of hydrogen-bond acceptors (Lipinski definition) is 6. The minimum Gasteiger partial charge on any atom is -0.505 e. The second-order valence-electron chi connectivity index (χ2n) is 5.81. The fraction of sp³-hybridized carbons (Fsp3) is 0.312. The molecule has 1 atom stereocenters. The summed E-state index contributed by atoms with van der Waals surface area (Å²) in [5, 5.41) is 19.9. The molecule has 4 N–H and O–H groups in total. The highest BCUT2D eigenvalue weighted by Gasteiger charge is 2.40. The molecular weight excluding hydrogens is 336 g/mol. The number of nitrogens with zero attached hydrogens (tertiary/aromatic N) is 1. The number of ether oxygens (including phenoxy) is 1. The van der Waals surface area contributed by atoms with Crippen LogP contribution in [-0.2, 0) is 4.79 Å². The van der Waals surface area contributed by atoms with E-state index in [0.29, 0.717) is 11.1 Å². The largest absolute Gasteiger partial charge is 0.505 e. The molecule has 2 rings (SSSR count). The van der Waals surface area contributed by atoms with E-state index >= 15 is 0 Å². The summed E-state index contributed by atoms with van der Waals surface area (Å²) in [6, 6.07) is 4.70. The Morgan fingerprint density at radius 1 is 1.33 bits per heavy atom. The molecule has 0 amide bonds. The average Bonchev–Trinajstić information content (AvgIpc) is 2.49. The predicted octanol–water partition coefficient (Wildman–Crippen LogP) is 2.37. The first kappa shape index (κ1) is 18.0. The molecule has 128 valence electrons. The highest BCUT2D eigenvalue weighted by atomic mass is 35.5. The number of carboxylic acids is 1. The summed E-state index contributed by atoms with van der Waals surface area (Å²) >= 11 is 6.10. The Morgan fingerprint density at radius 3 is 2.50 bits per heavy atom. The molecule has 0 aliphatic heterocycles. The zero-order chi connectivity index (χ0) is 18.2. The molecule has 0 radical (unpaired) electrons. The van der Waals surface area contributed by atoms with E-state index in [0.717, 1.165) is 6.92 Å². The molecule has 0 bridgehead atoms. The number of aromatic nitrogens is 1. The van der Waals surface area contributed by atoms with Crippen molar-refractivity contribution in [2.24, 2.45) is 5.73 Å². The number of pyridine rings is 1. The van der Waals surface area contributed by atoms with E-state index in [1.807, 2.05) is 13.8 Å². The molecular formula is C16H17ClN2O5. The zero-order valence-corrected chi connectivity index (χ0v) is 14.1. The van der Waals surface area contributed by atoms with Gasteiger partial charge in [-0.1, -0.05) is 11.6 Å². The first-order valence-corrected chi connectivity index (χ1v) is 7.49. The summed E-state index contributed by atoms with van der Waals surface area (Å²) < 4.78 is 5.55. The SMILES string of the molecule is CC(C)Oc1ccc2c(O)c(C(=O)[C@](C)(N)C(=O)O)nc(Cl)c2c1. The van der Waals surface area contributed by atoms with Crippen LogP contribution in [0.25, 0.3) is 10.8 Å². The lowest BCUT2D eigenvalue weighted by atomic mass is 9.94. The van der Waals surface area contributed by atoms with Gasteiger partial charge in [0.1, 0.15) is 10.9 Å². The van der Waals surface area contributed by atoms with Gasteiger partial charge in [0.25, 0.3) is 0 Å².